The minimum absolute atomic E-state index is 0.265. The van der Waals surface area contributed by atoms with Gasteiger partial charge in [-0.15, -0.1) is 0 Å². The third kappa shape index (κ3) is 3.88. The van der Waals surface area contributed by atoms with E-state index >= 15 is 0 Å². The van der Waals surface area contributed by atoms with E-state index in [2.05, 4.69) is 15.7 Å². The van der Waals surface area contributed by atoms with Gasteiger partial charge in [0.05, 0.1) is 24.2 Å². The lowest BCUT2D eigenvalue weighted by Crippen LogP contribution is -2.35. The number of carbonyl (C=O) groups is 2. The monoisotopic (exact) mass is 316 g/mol. The van der Waals surface area contributed by atoms with Gasteiger partial charge in [0, 0.05) is 13.6 Å². The third-order valence-corrected chi connectivity index (χ3v) is 3.57. The van der Waals surface area contributed by atoms with Gasteiger partial charge in [0.1, 0.15) is 5.75 Å². The zero-order chi connectivity index (χ0) is 17.0. The van der Waals surface area contributed by atoms with Crippen LogP contribution in [-0.4, -0.2) is 28.7 Å². The average Bonchev–Trinajstić information content (AvgIpc) is 2.79. The number of rotatable bonds is 4. The molecule has 0 aliphatic heterocycles. The SMILES string of the molecule is COc1ccc(CNC(=O)C(=O)Nc2c(C)nn(C)c2C)cc1. The summed E-state index contributed by atoms with van der Waals surface area (Å²) in [6.45, 7) is 3.87. The van der Waals surface area contributed by atoms with E-state index in [0.717, 1.165) is 17.0 Å². The van der Waals surface area contributed by atoms with Crippen LogP contribution in [0.2, 0.25) is 0 Å². The Morgan fingerprint density at radius 3 is 2.35 bits per heavy atom. The Labute approximate surface area is 134 Å². The molecule has 0 spiro atoms. The van der Waals surface area contributed by atoms with E-state index in [9.17, 15) is 9.59 Å². The van der Waals surface area contributed by atoms with Crippen LogP contribution in [-0.2, 0) is 23.2 Å². The third-order valence-electron chi connectivity index (χ3n) is 3.57. The lowest BCUT2D eigenvalue weighted by molar-refractivity contribution is -0.136. The highest BCUT2D eigenvalue weighted by atomic mass is 16.5. The molecule has 0 aliphatic rings. The van der Waals surface area contributed by atoms with Crippen molar-refractivity contribution >= 4 is 17.5 Å². The predicted octanol–water partition coefficient (Wildman–Crippen LogP) is 1.30. The van der Waals surface area contributed by atoms with Crippen molar-refractivity contribution in [2.75, 3.05) is 12.4 Å². The van der Waals surface area contributed by atoms with Gasteiger partial charge in [0.15, 0.2) is 0 Å². The summed E-state index contributed by atoms with van der Waals surface area (Å²) >= 11 is 0. The predicted molar refractivity (Wildman–Crippen MR) is 86.2 cm³/mol. The molecular weight excluding hydrogens is 296 g/mol. The zero-order valence-electron chi connectivity index (χ0n) is 13.6. The first-order chi connectivity index (χ1) is 10.9. The van der Waals surface area contributed by atoms with Crippen LogP contribution in [0.4, 0.5) is 5.69 Å². The van der Waals surface area contributed by atoms with Crippen LogP contribution in [0.25, 0.3) is 0 Å². The molecule has 2 rings (SSSR count). The normalized spacial score (nSPS) is 10.3. The van der Waals surface area contributed by atoms with Crippen molar-refractivity contribution in [3.05, 3.63) is 41.2 Å². The van der Waals surface area contributed by atoms with Crippen LogP contribution in [0.3, 0.4) is 0 Å². The molecule has 0 bridgehead atoms. The maximum Gasteiger partial charge on any atom is 0.313 e. The van der Waals surface area contributed by atoms with Gasteiger partial charge in [0.2, 0.25) is 0 Å². The minimum Gasteiger partial charge on any atom is -0.497 e. The topological polar surface area (TPSA) is 85.2 Å². The number of benzene rings is 1. The number of nitrogens with zero attached hydrogens (tertiary/aromatic N) is 2. The Balaban J connectivity index is 1.93. The van der Waals surface area contributed by atoms with Crippen molar-refractivity contribution in [3.8, 4) is 5.75 Å². The standard InChI is InChI=1S/C16H20N4O3/c1-10-14(11(2)20(3)19-10)18-16(22)15(21)17-9-12-5-7-13(23-4)8-6-12/h5-8H,9H2,1-4H3,(H,17,21)(H,18,22). The van der Waals surface area contributed by atoms with E-state index in [1.165, 1.54) is 0 Å². The maximum atomic E-state index is 12.0. The minimum atomic E-state index is -0.710. The van der Waals surface area contributed by atoms with E-state index in [1.54, 1.807) is 37.9 Å². The fraction of sp³-hybridized carbons (Fsp3) is 0.312. The number of aromatic nitrogens is 2. The summed E-state index contributed by atoms with van der Waals surface area (Å²) in [5.41, 5.74) is 2.90. The fourth-order valence-electron chi connectivity index (χ4n) is 2.13. The molecule has 122 valence electrons. The first kappa shape index (κ1) is 16.5. The molecule has 0 unspecified atom stereocenters. The number of hydrogen-bond donors (Lipinski definition) is 2. The van der Waals surface area contributed by atoms with Gasteiger partial charge in [-0.3, -0.25) is 14.3 Å². The molecule has 0 atom stereocenters. The van der Waals surface area contributed by atoms with Crippen LogP contribution < -0.4 is 15.4 Å². The van der Waals surface area contributed by atoms with Crippen molar-refractivity contribution in [3.63, 3.8) is 0 Å². The second-order valence-electron chi connectivity index (χ2n) is 5.15. The number of anilines is 1. The molecule has 2 aromatic rings. The smallest absolute Gasteiger partial charge is 0.313 e. The van der Waals surface area contributed by atoms with Gasteiger partial charge in [-0.2, -0.15) is 5.10 Å². The first-order valence-electron chi connectivity index (χ1n) is 7.14. The largest absolute Gasteiger partial charge is 0.497 e. The molecular formula is C16H20N4O3. The molecule has 23 heavy (non-hydrogen) atoms. The molecule has 2 amide bonds. The summed E-state index contributed by atoms with van der Waals surface area (Å²) in [4.78, 5) is 23.9. The first-order valence-corrected chi connectivity index (χ1v) is 7.14. The molecule has 1 heterocycles. The van der Waals surface area contributed by atoms with Crippen LogP contribution in [0.15, 0.2) is 24.3 Å². The number of hydrogen-bond acceptors (Lipinski definition) is 4. The molecule has 0 fully saturated rings. The number of methoxy groups -OCH3 is 1. The molecule has 1 aromatic heterocycles. The Kier molecular flexibility index (Phi) is 5.00. The summed E-state index contributed by atoms with van der Waals surface area (Å²) in [6.07, 6.45) is 0. The highest BCUT2D eigenvalue weighted by molar-refractivity contribution is 6.39. The number of ether oxygens (including phenoxy) is 1. The second kappa shape index (κ2) is 6.95. The highest BCUT2D eigenvalue weighted by Gasteiger charge is 2.18. The lowest BCUT2D eigenvalue weighted by atomic mass is 10.2. The fourth-order valence-corrected chi connectivity index (χ4v) is 2.13. The van der Waals surface area contributed by atoms with Gasteiger partial charge >= 0.3 is 11.8 Å². The average molecular weight is 316 g/mol. The summed E-state index contributed by atoms with van der Waals surface area (Å²) in [5, 5.41) is 9.37. The van der Waals surface area contributed by atoms with E-state index < -0.39 is 11.8 Å². The Morgan fingerprint density at radius 1 is 1.17 bits per heavy atom. The number of carbonyl (C=O) groups excluding carboxylic acids is 2. The number of aryl methyl sites for hydroxylation is 2. The number of amides is 2. The Bertz CT molecular complexity index is 720. The molecule has 2 N–H and O–H groups in total. The molecule has 7 heteroatoms. The molecule has 7 nitrogen and oxygen atoms in total. The van der Waals surface area contributed by atoms with Crippen LogP contribution >= 0.6 is 0 Å². The van der Waals surface area contributed by atoms with Crippen molar-refractivity contribution < 1.29 is 14.3 Å². The van der Waals surface area contributed by atoms with E-state index in [4.69, 9.17) is 4.74 Å². The van der Waals surface area contributed by atoms with Crippen molar-refractivity contribution in [1.29, 1.82) is 0 Å². The molecule has 1 aromatic carbocycles. The van der Waals surface area contributed by atoms with Crippen molar-refractivity contribution in [2.45, 2.75) is 20.4 Å². The van der Waals surface area contributed by atoms with Crippen LogP contribution in [0, 0.1) is 13.8 Å². The molecule has 0 aliphatic carbocycles. The van der Waals surface area contributed by atoms with Crippen LogP contribution in [0.5, 0.6) is 5.75 Å². The van der Waals surface area contributed by atoms with E-state index in [1.807, 2.05) is 19.1 Å². The van der Waals surface area contributed by atoms with Gasteiger partial charge in [0.25, 0.3) is 0 Å². The summed E-state index contributed by atoms with van der Waals surface area (Å²) < 4.78 is 6.72. The van der Waals surface area contributed by atoms with Crippen LogP contribution in [0.1, 0.15) is 17.0 Å². The van der Waals surface area contributed by atoms with Gasteiger partial charge < -0.3 is 15.4 Å². The highest BCUT2D eigenvalue weighted by Crippen LogP contribution is 2.18. The van der Waals surface area contributed by atoms with Crippen molar-refractivity contribution in [1.82, 2.24) is 15.1 Å². The second-order valence-corrected chi connectivity index (χ2v) is 5.15. The van der Waals surface area contributed by atoms with Gasteiger partial charge in [-0.25, -0.2) is 0 Å². The van der Waals surface area contributed by atoms with Crippen molar-refractivity contribution in [2.24, 2.45) is 7.05 Å². The van der Waals surface area contributed by atoms with Gasteiger partial charge in [-0.05, 0) is 31.5 Å². The molecule has 0 saturated carbocycles. The van der Waals surface area contributed by atoms with E-state index in [0.29, 0.717) is 11.4 Å². The maximum absolute atomic E-state index is 12.0. The lowest BCUT2D eigenvalue weighted by Gasteiger charge is -2.07. The Morgan fingerprint density at radius 2 is 1.83 bits per heavy atom. The van der Waals surface area contributed by atoms with E-state index in [-0.39, 0.29) is 6.54 Å². The number of nitrogens with one attached hydrogen (secondary N) is 2. The quantitative estimate of drug-likeness (QED) is 0.833. The molecule has 0 saturated heterocycles. The summed E-state index contributed by atoms with van der Waals surface area (Å²) in [7, 11) is 3.37. The van der Waals surface area contributed by atoms with Gasteiger partial charge in [-0.1, -0.05) is 12.1 Å². The summed E-state index contributed by atoms with van der Waals surface area (Å²) in [6, 6.07) is 7.24. The molecule has 0 radical (unpaired) electrons. The Hall–Kier alpha value is -2.83. The summed E-state index contributed by atoms with van der Waals surface area (Å²) in [5.74, 6) is -0.665. The zero-order valence-corrected chi connectivity index (χ0v) is 13.6.